The molecular weight excluding hydrogens is 185 g/mol. The minimum Gasteiger partial charge on any atom is -0.466 e. The second-order valence-corrected chi connectivity index (χ2v) is 2.74. The van der Waals surface area contributed by atoms with Crippen LogP contribution in [0.5, 0.6) is 0 Å². The first kappa shape index (κ1) is 10.8. The van der Waals surface area contributed by atoms with Crippen LogP contribution < -0.4 is 0 Å². The van der Waals surface area contributed by atoms with Crippen LogP contribution in [0.2, 0.25) is 0 Å². The van der Waals surface area contributed by atoms with Gasteiger partial charge in [0.1, 0.15) is 0 Å². The van der Waals surface area contributed by atoms with Gasteiger partial charge in [-0.1, -0.05) is 0 Å². The van der Waals surface area contributed by atoms with Crippen molar-refractivity contribution in [3.05, 3.63) is 24.0 Å². The molecule has 0 fully saturated rings. The Kier molecular flexibility index (Phi) is 3.73. The molecule has 0 saturated heterocycles. The fourth-order valence-corrected chi connectivity index (χ4v) is 1.16. The summed E-state index contributed by atoms with van der Waals surface area (Å²) in [6.45, 7) is 2.04. The molecule has 0 radical (unpaired) electrons. The van der Waals surface area contributed by atoms with Gasteiger partial charge in [0, 0.05) is 5.69 Å². The second-order valence-electron chi connectivity index (χ2n) is 2.74. The van der Waals surface area contributed by atoms with Crippen LogP contribution in [0.4, 0.5) is 0 Å². The van der Waals surface area contributed by atoms with Gasteiger partial charge in [-0.05, 0) is 25.3 Å². The largest absolute Gasteiger partial charge is 0.591 e. The molecule has 14 heavy (non-hydrogen) atoms. The Hall–Kier alpha value is -1.27. The summed E-state index contributed by atoms with van der Waals surface area (Å²) in [5, 5.41) is 17.8. The third-order valence-electron chi connectivity index (χ3n) is 1.75. The summed E-state index contributed by atoms with van der Waals surface area (Å²) in [4.78, 5) is 11.1. The molecule has 0 unspecified atom stereocenters. The predicted molar refractivity (Wildman–Crippen MR) is 50.4 cm³/mol. The highest BCUT2D eigenvalue weighted by molar-refractivity contribution is 6.39. The van der Waals surface area contributed by atoms with Gasteiger partial charge in [-0.3, -0.25) is 4.79 Å². The maximum Gasteiger partial charge on any atom is 0.591 e. The lowest BCUT2D eigenvalue weighted by Gasteiger charge is -2.06. The van der Waals surface area contributed by atoms with E-state index in [9.17, 15) is 4.79 Å². The van der Waals surface area contributed by atoms with Crippen molar-refractivity contribution in [2.75, 3.05) is 6.61 Å². The van der Waals surface area contributed by atoms with Crippen LogP contribution in [-0.2, 0) is 16.0 Å². The number of carbonyl (C=O) groups is 1. The summed E-state index contributed by atoms with van der Waals surface area (Å²) >= 11 is 0. The van der Waals surface area contributed by atoms with E-state index in [0.29, 0.717) is 12.3 Å². The number of hydrogen-bond donors (Lipinski definition) is 2. The van der Waals surface area contributed by atoms with Crippen LogP contribution in [0, 0.1) is 0 Å². The van der Waals surface area contributed by atoms with Crippen molar-refractivity contribution in [1.82, 2.24) is 4.48 Å². The number of hydrogen-bond acceptors (Lipinski definition) is 4. The molecule has 0 amide bonds. The first-order chi connectivity index (χ1) is 6.65. The Morgan fingerprint density at radius 1 is 1.64 bits per heavy atom. The molecule has 2 N–H and O–H groups in total. The molecule has 0 aliphatic heterocycles. The minimum atomic E-state index is -1.62. The summed E-state index contributed by atoms with van der Waals surface area (Å²) < 4.78 is 5.93. The SMILES string of the molecule is CCOC(=O)Cc1cccn1B(O)O. The van der Waals surface area contributed by atoms with Gasteiger partial charge in [0.2, 0.25) is 0 Å². The van der Waals surface area contributed by atoms with Crippen molar-refractivity contribution in [2.45, 2.75) is 13.3 Å². The van der Waals surface area contributed by atoms with E-state index < -0.39 is 7.25 Å². The fourth-order valence-electron chi connectivity index (χ4n) is 1.16. The van der Waals surface area contributed by atoms with Crippen LogP contribution in [0.25, 0.3) is 0 Å². The third kappa shape index (κ3) is 2.61. The van der Waals surface area contributed by atoms with E-state index in [-0.39, 0.29) is 12.4 Å². The third-order valence-corrected chi connectivity index (χ3v) is 1.75. The topological polar surface area (TPSA) is 71.7 Å². The summed E-state index contributed by atoms with van der Waals surface area (Å²) in [5.41, 5.74) is 0.512. The van der Waals surface area contributed by atoms with Gasteiger partial charge in [-0.2, -0.15) is 0 Å². The molecule has 0 aromatic carbocycles. The maximum absolute atomic E-state index is 11.1. The quantitative estimate of drug-likeness (QED) is 0.499. The number of aromatic nitrogens is 1. The average Bonchev–Trinajstić information content (AvgIpc) is 2.52. The van der Waals surface area contributed by atoms with E-state index in [0.717, 1.165) is 0 Å². The Labute approximate surface area is 82.1 Å². The predicted octanol–water partition coefficient (Wildman–Crippen LogP) is -0.589. The molecule has 0 bridgehead atoms. The van der Waals surface area contributed by atoms with Crippen LogP contribution >= 0.6 is 0 Å². The molecule has 1 aromatic rings. The molecule has 0 spiro atoms. The Morgan fingerprint density at radius 2 is 2.36 bits per heavy atom. The molecule has 76 valence electrons. The zero-order valence-corrected chi connectivity index (χ0v) is 7.88. The molecule has 0 atom stereocenters. The first-order valence-electron chi connectivity index (χ1n) is 4.32. The molecule has 0 aliphatic rings. The van der Waals surface area contributed by atoms with Crippen molar-refractivity contribution >= 4 is 13.2 Å². The lowest BCUT2D eigenvalue weighted by Crippen LogP contribution is -2.26. The highest BCUT2D eigenvalue weighted by Gasteiger charge is 2.16. The zero-order valence-electron chi connectivity index (χ0n) is 7.88. The second kappa shape index (κ2) is 4.83. The standard InChI is InChI=1S/C8H12BNO4/c1-2-14-8(11)6-7-4-3-5-10(7)9(12)13/h3-5,12-13H,2,6H2,1H3. The number of rotatable bonds is 4. The summed E-state index contributed by atoms with van der Waals surface area (Å²) in [5.74, 6) is -0.381. The number of ether oxygens (including phenoxy) is 1. The minimum absolute atomic E-state index is 0.0401. The Bertz CT molecular complexity index is 310. The number of nitrogens with zero attached hydrogens (tertiary/aromatic N) is 1. The van der Waals surface area contributed by atoms with Gasteiger partial charge in [-0.15, -0.1) is 0 Å². The summed E-state index contributed by atoms with van der Waals surface area (Å²) in [6, 6.07) is 3.27. The monoisotopic (exact) mass is 197 g/mol. The van der Waals surface area contributed by atoms with Gasteiger partial charge in [0.15, 0.2) is 0 Å². The number of esters is 1. The van der Waals surface area contributed by atoms with E-state index in [2.05, 4.69) is 0 Å². The Morgan fingerprint density at radius 3 is 2.93 bits per heavy atom. The molecule has 0 saturated carbocycles. The van der Waals surface area contributed by atoms with Crippen molar-refractivity contribution in [3.63, 3.8) is 0 Å². The van der Waals surface area contributed by atoms with Crippen molar-refractivity contribution in [3.8, 4) is 0 Å². The van der Waals surface area contributed by atoms with E-state index >= 15 is 0 Å². The van der Waals surface area contributed by atoms with Gasteiger partial charge >= 0.3 is 13.2 Å². The van der Waals surface area contributed by atoms with Gasteiger partial charge in [0.05, 0.1) is 13.0 Å². The van der Waals surface area contributed by atoms with E-state index in [4.69, 9.17) is 14.8 Å². The molecule has 0 aliphatic carbocycles. The fraction of sp³-hybridized carbons (Fsp3) is 0.375. The average molecular weight is 197 g/mol. The first-order valence-corrected chi connectivity index (χ1v) is 4.32. The smallest absolute Gasteiger partial charge is 0.466 e. The van der Waals surface area contributed by atoms with E-state index in [1.54, 1.807) is 19.1 Å². The van der Waals surface area contributed by atoms with E-state index in [1.165, 1.54) is 10.7 Å². The maximum atomic E-state index is 11.1. The summed E-state index contributed by atoms with van der Waals surface area (Å²) in [6.07, 6.45) is 1.53. The van der Waals surface area contributed by atoms with Crippen LogP contribution in [-0.4, -0.2) is 34.4 Å². The Balaban J connectivity index is 2.66. The molecule has 6 heteroatoms. The molecule has 1 rings (SSSR count). The lowest BCUT2D eigenvalue weighted by molar-refractivity contribution is -0.142. The van der Waals surface area contributed by atoms with E-state index in [1.807, 2.05) is 0 Å². The van der Waals surface area contributed by atoms with Crippen LogP contribution in [0.1, 0.15) is 12.6 Å². The normalized spacial score (nSPS) is 9.93. The van der Waals surface area contributed by atoms with Crippen LogP contribution in [0.15, 0.2) is 18.3 Å². The molecule has 1 aromatic heterocycles. The highest BCUT2D eigenvalue weighted by atomic mass is 16.5. The molecular formula is C8H12BNO4. The van der Waals surface area contributed by atoms with Crippen LogP contribution in [0.3, 0.4) is 0 Å². The van der Waals surface area contributed by atoms with Gasteiger partial charge < -0.3 is 19.3 Å². The van der Waals surface area contributed by atoms with Gasteiger partial charge in [0.25, 0.3) is 0 Å². The lowest BCUT2D eigenvalue weighted by atomic mass is 10.1. The van der Waals surface area contributed by atoms with Gasteiger partial charge in [-0.25, -0.2) is 0 Å². The molecule has 5 nitrogen and oxygen atoms in total. The van der Waals surface area contributed by atoms with Crippen molar-refractivity contribution in [2.24, 2.45) is 0 Å². The number of carbonyl (C=O) groups excluding carboxylic acids is 1. The van der Waals surface area contributed by atoms with Crippen molar-refractivity contribution < 1.29 is 19.6 Å². The molecule has 1 heterocycles. The van der Waals surface area contributed by atoms with Crippen molar-refractivity contribution in [1.29, 1.82) is 0 Å². The zero-order chi connectivity index (χ0) is 10.6. The highest BCUT2D eigenvalue weighted by Crippen LogP contribution is 2.03. The summed E-state index contributed by atoms with van der Waals surface area (Å²) in [7, 11) is -1.62.